The van der Waals surface area contributed by atoms with Crippen LogP contribution in [0.5, 0.6) is 0 Å². The van der Waals surface area contributed by atoms with Gasteiger partial charge in [0.15, 0.2) is 5.69 Å². The van der Waals surface area contributed by atoms with Crippen molar-refractivity contribution in [1.29, 1.82) is 0 Å². The first kappa shape index (κ1) is 29.5. The van der Waals surface area contributed by atoms with Gasteiger partial charge < -0.3 is 10.2 Å². The van der Waals surface area contributed by atoms with E-state index in [0.717, 1.165) is 42.3 Å². The van der Waals surface area contributed by atoms with Crippen LogP contribution >= 0.6 is 11.6 Å². The van der Waals surface area contributed by atoms with Crippen molar-refractivity contribution in [2.24, 2.45) is 14.1 Å². The SMILES string of the molecule is Cc1cc([C@@H](C)Nc2ccc(Cl)nc2C(=O)NS(C)(=O)=O)c2nc(N3CCC[C@H](c4cnn(C)c4)C3)n(C)c(=O)c2c1. The van der Waals surface area contributed by atoms with E-state index in [-0.39, 0.29) is 28.0 Å². The van der Waals surface area contributed by atoms with Gasteiger partial charge in [-0.25, -0.2) is 23.1 Å². The van der Waals surface area contributed by atoms with Gasteiger partial charge in [-0.15, -0.1) is 0 Å². The number of carbonyl (C=O) groups excluding carboxylic acids is 1. The molecule has 3 aromatic heterocycles. The summed E-state index contributed by atoms with van der Waals surface area (Å²) in [7, 11) is -0.183. The quantitative estimate of drug-likeness (QED) is 0.300. The maximum Gasteiger partial charge on any atom is 0.285 e. The number of anilines is 2. The number of aryl methyl sites for hydroxylation is 2. The Morgan fingerprint density at radius 1 is 1.19 bits per heavy atom. The highest BCUT2D eigenvalue weighted by molar-refractivity contribution is 7.89. The Labute approximate surface area is 248 Å². The zero-order valence-electron chi connectivity index (χ0n) is 24.0. The molecule has 222 valence electrons. The fraction of sp³-hybridized carbons (Fsp3) is 0.393. The summed E-state index contributed by atoms with van der Waals surface area (Å²) in [6, 6.07) is 6.39. The maximum absolute atomic E-state index is 13.7. The smallest absolute Gasteiger partial charge is 0.285 e. The van der Waals surface area contributed by atoms with E-state index in [1.807, 2.05) is 50.1 Å². The summed E-state index contributed by atoms with van der Waals surface area (Å²) in [6.07, 6.45) is 6.79. The van der Waals surface area contributed by atoms with Crippen LogP contribution in [0.4, 0.5) is 11.6 Å². The van der Waals surface area contributed by atoms with Gasteiger partial charge in [0.2, 0.25) is 16.0 Å². The lowest BCUT2D eigenvalue weighted by Gasteiger charge is -2.34. The zero-order valence-corrected chi connectivity index (χ0v) is 25.6. The molecule has 1 amide bonds. The lowest BCUT2D eigenvalue weighted by molar-refractivity contribution is 0.0977. The average Bonchev–Trinajstić information content (AvgIpc) is 3.37. The Kier molecular flexibility index (Phi) is 7.99. The van der Waals surface area contributed by atoms with Crippen molar-refractivity contribution in [3.8, 4) is 0 Å². The number of amides is 1. The number of nitrogens with one attached hydrogen (secondary N) is 2. The molecule has 1 fully saturated rings. The lowest BCUT2D eigenvalue weighted by atomic mass is 9.93. The van der Waals surface area contributed by atoms with Crippen molar-refractivity contribution >= 4 is 50.1 Å². The van der Waals surface area contributed by atoms with Crippen LogP contribution in [0, 0.1) is 6.92 Å². The van der Waals surface area contributed by atoms with Crippen LogP contribution in [-0.2, 0) is 24.1 Å². The third kappa shape index (κ3) is 6.12. The second kappa shape index (κ2) is 11.4. The zero-order chi connectivity index (χ0) is 30.3. The van der Waals surface area contributed by atoms with E-state index in [2.05, 4.69) is 20.3 Å². The predicted molar refractivity (Wildman–Crippen MR) is 163 cm³/mol. The highest BCUT2D eigenvalue weighted by Gasteiger charge is 2.27. The Balaban J connectivity index is 1.54. The molecular formula is C28H33ClN8O4S. The molecule has 1 aliphatic heterocycles. The van der Waals surface area contributed by atoms with Gasteiger partial charge in [-0.1, -0.05) is 17.7 Å². The minimum Gasteiger partial charge on any atom is -0.377 e. The molecule has 42 heavy (non-hydrogen) atoms. The van der Waals surface area contributed by atoms with Crippen molar-refractivity contribution in [3.05, 3.63) is 74.6 Å². The number of rotatable bonds is 7. The highest BCUT2D eigenvalue weighted by Crippen LogP contribution is 2.32. The molecule has 12 nitrogen and oxygen atoms in total. The predicted octanol–water partition coefficient (Wildman–Crippen LogP) is 3.27. The van der Waals surface area contributed by atoms with Gasteiger partial charge in [-0.3, -0.25) is 18.8 Å². The fourth-order valence-electron chi connectivity index (χ4n) is 5.49. The van der Waals surface area contributed by atoms with Crippen LogP contribution in [0.15, 0.2) is 41.5 Å². The van der Waals surface area contributed by atoms with Crippen molar-refractivity contribution in [3.63, 3.8) is 0 Å². The second-order valence-corrected chi connectivity index (χ2v) is 13.0. The van der Waals surface area contributed by atoms with Crippen molar-refractivity contribution in [2.45, 2.75) is 38.6 Å². The van der Waals surface area contributed by atoms with E-state index < -0.39 is 22.0 Å². The van der Waals surface area contributed by atoms with Crippen LogP contribution in [0.25, 0.3) is 10.9 Å². The van der Waals surface area contributed by atoms with Crippen LogP contribution in [0.3, 0.4) is 0 Å². The minimum absolute atomic E-state index is 0.0359. The van der Waals surface area contributed by atoms with Gasteiger partial charge in [0.1, 0.15) is 5.15 Å². The fourth-order valence-corrected chi connectivity index (χ4v) is 6.07. The summed E-state index contributed by atoms with van der Waals surface area (Å²) < 4.78 is 28.7. The van der Waals surface area contributed by atoms with Crippen LogP contribution in [0.2, 0.25) is 5.15 Å². The summed E-state index contributed by atoms with van der Waals surface area (Å²) in [5, 5.41) is 8.10. The molecular weight excluding hydrogens is 580 g/mol. The van der Waals surface area contributed by atoms with Crippen molar-refractivity contribution in [1.82, 2.24) is 29.0 Å². The molecule has 0 bridgehead atoms. The first-order chi connectivity index (χ1) is 19.8. The molecule has 0 aliphatic carbocycles. The lowest BCUT2D eigenvalue weighted by Crippen LogP contribution is -2.38. The summed E-state index contributed by atoms with van der Waals surface area (Å²) in [4.78, 5) is 37.7. The molecule has 0 spiro atoms. The maximum atomic E-state index is 13.7. The van der Waals surface area contributed by atoms with Gasteiger partial charge >= 0.3 is 0 Å². The van der Waals surface area contributed by atoms with Crippen LogP contribution < -0.4 is 20.5 Å². The molecule has 2 N–H and O–H groups in total. The standard InChI is InChI=1S/C28H33ClN8O4S/c1-16-11-20(17(2)31-22-8-9-23(29)32-25(22)26(38)34-42(5,40)41)24-21(12-16)27(39)36(4)28(33-24)37-10-6-7-18(15-37)19-13-30-35(3)14-19/h8-9,11-14,17-18,31H,6-7,10,15H2,1-5H3,(H,34,38)/t17-,18+/m1/s1. The molecule has 1 aliphatic rings. The molecule has 1 aromatic carbocycles. The number of sulfonamides is 1. The van der Waals surface area contributed by atoms with Gasteiger partial charge in [0.05, 0.1) is 35.1 Å². The number of halogens is 1. The Hall–Kier alpha value is -3.97. The molecule has 5 rings (SSSR count). The van der Waals surface area contributed by atoms with E-state index in [1.54, 1.807) is 22.4 Å². The van der Waals surface area contributed by atoms with Gasteiger partial charge in [0.25, 0.3) is 11.5 Å². The molecule has 4 heterocycles. The van der Waals surface area contributed by atoms with E-state index in [0.29, 0.717) is 23.4 Å². The third-order valence-electron chi connectivity index (χ3n) is 7.42. The second-order valence-electron chi connectivity index (χ2n) is 10.9. The Morgan fingerprint density at radius 2 is 1.95 bits per heavy atom. The molecule has 0 saturated carbocycles. The topological polar surface area (TPSA) is 144 Å². The van der Waals surface area contributed by atoms with Crippen LogP contribution in [-0.4, -0.2) is 58.0 Å². The monoisotopic (exact) mass is 612 g/mol. The number of aromatic nitrogens is 5. The molecule has 14 heteroatoms. The number of hydrogen-bond acceptors (Lipinski definition) is 9. The Morgan fingerprint density at radius 3 is 2.64 bits per heavy atom. The number of fused-ring (bicyclic) bond motifs is 1. The summed E-state index contributed by atoms with van der Waals surface area (Å²) >= 11 is 6.03. The van der Waals surface area contributed by atoms with Crippen molar-refractivity contribution in [2.75, 3.05) is 29.6 Å². The number of piperidine rings is 1. The third-order valence-corrected chi connectivity index (χ3v) is 8.19. The van der Waals surface area contributed by atoms with Crippen LogP contribution in [0.1, 0.15) is 58.9 Å². The summed E-state index contributed by atoms with van der Waals surface area (Å²) in [6.45, 7) is 5.26. The molecule has 0 unspecified atom stereocenters. The minimum atomic E-state index is -3.83. The molecule has 1 saturated heterocycles. The highest BCUT2D eigenvalue weighted by atomic mass is 35.5. The number of nitrogens with zero attached hydrogens (tertiary/aromatic N) is 6. The summed E-state index contributed by atoms with van der Waals surface area (Å²) in [5.41, 5.74) is 3.28. The van der Waals surface area contributed by atoms with E-state index in [1.165, 1.54) is 6.07 Å². The van der Waals surface area contributed by atoms with Gasteiger partial charge in [-0.05, 0) is 56.0 Å². The number of hydrogen-bond donors (Lipinski definition) is 2. The van der Waals surface area contributed by atoms with E-state index in [4.69, 9.17) is 16.6 Å². The van der Waals surface area contributed by atoms with Gasteiger partial charge in [0, 0.05) is 44.9 Å². The van der Waals surface area contributed by atoms with Crippen molar-refractivity contribution < 1.29 is 13.2 Å². The van der Waals surface area contributed by atoms with E-state index >= 15 is 0 Å². The van der Waals surface area contributed by atoms with E-state index in [9.17, 15) is 18.0 Å². The first-order valence-electron chi connectivity index (χ1n) is 13.5. The molecule has 0 radical (unpaired) electrons. The normalized spacial score (nSPS) is 16.4. The molecule has 4 aromatic rings. The summed E-state index contributed by atoms with van der Waals surface area (Å²) in [5.74, 6) is -0.0573. The molecule has 2 atom stereocenters. The number of benzene rings is 1. The number of carbonyl (C=O) groups is 1. The largest absolute Gasteiger partial charge is 0.377 e. The van der Waals surface area contributed by atoms with Gasteiger partial charge in [-0.2, -0.15) is 5.10 Å². The first-order valence-corrected chi connectivity index (χ1v) is 15.8. The average molecular weight is 613 g/mol. The number of pyridine rings is 1. The Bertz CT molecular complexity index is 1850.